The summed E-state index contributed by atoms with van der Waals surface area (Å²) in [6.45, 7) is 4.47. The van der Waals surface area contributed by atoms with Gasteiger partial charge in [-0.05, 0) is 26.0 Å². The number of halogens is 2. The predicted molar refractivity (Wildman–Crippen MR) is 69.7 cm³/mol. The summed E-state index contributed by atoms with van der Waals surface area (Å²) in [4.78, 5) is 23.9. The lowest BCUT2D eigenvalue weighted by molar-refractivity contribution is -0.128. The summed E-state index contributed by atoms with van der Waals surface area (Å²) in [5.41, 5.74) is -0.990. The molecule has 0 saturated carbocycles. The fraction of sp³-hybridized carbons (Fsp3) is 0.385. The number of benzene rings is 1. The molecule has 0 heterocycles. The van der Waals surface area contributed by atoms with Crippen molar-refractivity contribution in [2.24, 2.45) is 0 Å². The molecule has 0 spiro atoms. The Kier molecular flexibility index (Phi) is 5.42. The Labute approximate surface area is 115 Å². The van der Waals surface area contributed by atoms with Crippen LogP contribution in [0.15, 0.2) is 12.1 Å². The number of aromatic carboxylic acids is 1. The number of carboxylic acids is 1. The van der Waals surface area contributed by atoms with E-state index >= 15 is 0 Å². The molecular formula is C13H16F2N2O3. The van der Waals surface area contributed by atoms with Crippen molar-refractivity contribution < 1.29 is 23.5 Å². The van der Waals surface area contributed by atoms with Crippen LogP contribution in [0.2, 0.25) is 0 Å². The van der Waals surface area contributed by atoms with Crippen LogP contribution in [0.3, 0.4) is 0 Å². The third-order valence-corrected chi connectivity index (χ3v) is 2.86. The van der Waals surface area contributed by atoms with Gasteiger partial charge in [-0.2, -0.15) is 0 Å². The Bertz CT molecular complexity index is 517. The van der Waals surface area contributed by atoms with Crippen LogP contribution in [0.5, 0.6) is 0 Å². The molecule has 0 aliphatic rings. The third kappa shape index (κ3) is 3.43. The molecule has 1 rings (SSSR count). The van der Waals surface area contributed by atoms with Gasteiger partial charge in [0, 0.05) is 13.1 Å². The maximum Gasteiger partial charge on any atom is 0.338 e. The van der Waals surface area contributed by atoms with Crippen molar-refractivity contribution in [3.63, 3.8) is 0 Å². The van der Waals surface area contributed by atoms with Gasteiger partial charge in [0.2, 0.25) is 5.91 Å². The second-order valence-corrected chi connectivity index (χ2v) is 4.01. The summed E-state index contributed by atoms with van der Waals surface area (Å²) in [7, 11) is 0. The minimum absolute atomic E-state index is 0.190. The monoisotopic (exact) mass is 286 g/mol. The Hall–Kier alpha value is -2.18. The summed E-state index contributed by atoms with van der Waals surface area (Å²) >= 11 is 0. The summed E-state index contributed by atoms with van der Waals surface area (Å²) in [6.07, 6.45) is 0. The van der Waals surface area contributed by atoms with E-state index in [4.69, 9.17) is 5.11 Å². The van der Waals surface area contributed by atoms with Crippen LogP contribution in [-0.2, 0) is 4.79 Å². The lowest BCUT2D eigenvalue weighted by atomic mass is 10.2. The number of carbonyl (C=O) groups is 2. The van der Waals surface area contributed by atoms with E-state index in [0.717, 1.165) is 12.1 Å². The summed E-state index contributed by atoms with van der Waals surface area (Å²) in [6, 6.07) is 2.04. The zero-order valence-corrected chi connectivity index (χ0v) is 11.2. The molecule has 0 fully saturated rings. The fourth-order valence-corrected chi connectivity index (χ4v) is 1.71. The number of rotatable bonds is 6. The second kappa shape index (κ2) is 6.83. The highest BCUT2D eigenvalue weighted by atomic mass is 19.2. The number of hydrogen-bond acceptors (Lipinski definition) is 3. The van der Waals surface area contributed by atoms with Gasteiger partial charge in [0.15, 0.2) is 11.6 Å². The normalized spacial score (nSPS) is 10.2. The first kappa shape index (κ1) is 15.9. The Balaban J connectivity index is 2.82. The van der Waals surface area contributed by atoms with E-state index in [1.54, 1.807) is 0 Å². The van der Waals surface area contributed by atoms with Crippen LogP contribution in [-0.4, -0.2) is 41.5 Å². The van der Waals surface area contributed by atoms with Crippen molar-refractivity contribution in [3.05, 3.63) is 29.3 Å². The van der Waals surface area contributed by atoms with Crippen LogP contribution in [0.25, 0.3) is 0 Å². The van der Waals surface area contributed by atoms with Crippen molar-refractivity contribution in [2.75, 3.05) is 25.0 Å². The SMILES string of the molecule is CCN(CC)C(=O)CNc1ccc(C(=O)O)c(F)c1F. The minimum atomic E-state index is -1.55. The molecule has 2 N–H and O–H groups in total. The standard InChI is InChI=1S/C13H16F2N2O3/c1-3-17(4-2)10(18)7-16-9-6-5-8(13(19)20)11(14)12(9)15/h5-6,16H,3-4,7H2,1-2H3,(H,19,20). The van der Waals surface area contributed by atoms with Crippen LogP contribution in [0, 0.1) is 11.6 Å². The van der Waals surface area contributed by atoms with Gasteiger partial charge in [-0.15, -0.1) is 0 Å². The molecule has 0 atom stereocenters. The lowest BCUT2D eigenvalue weighted by Crippen LogP contribution is -2.35. The number of nitrogens with one attached hydrogen (secondary N) is 1. The molecule has 0 radical (unpaired) electrons. The number of nitrogens with zero attached hydrogens (tertiary/aromatic N) is 1. The van der Waals surface area contributed by atoms with Crippen LogP contribution < -0.4 is 5.32 Å². The number of amides is 1. The van der Waals surface area contributed by atoms with Gasteiger partial charge in [0.25, 0.3) is 0 Å². The molecule has 20 heavy (non-hydrogen) atoms. The summed E-state index contributed by atoms with van der Waals surface area (Å²) in [5, 5.41) is 11.1. The van der Waals surface area contributed by atoms with Gasteiger partial charge < -0.3 is 15.3 Å². The maximum atomic E-state index is 13.6. The topological polar surface area (TPSA) is 69.6 Å². The Morgan fingerprint density at radius 2 is 1.80 bits per heavy atom. The number of likely N-dealkylation sites (N-methyl/N-ethyl adjacent to an activating group) is 1. The second-order valence-electron chi connectivity index (χ2n) is 4.01. The predicted octanol–water partition coefficient (Wildman–Crippen LogP) is 1.94. The molecule has 1 aromatic carbocycles. The van der Waals surface area contributed by atoms with E-state index in [1.165, 1.54) is 4.90 Å². The van der Waals surface area contributed by atoms with E-state index in [9.17, 15) is 18.4 Å². The number of carboxylic acid groups (broad SMARTS) is 1. The highest BCUT2D eigenvalue weighted by Gasteiger charge is 2.18. The van der Waals surface area contributed by atoms with Crippen molar-refractivity contribution in [1.82, 2.24) is 4.90 Å². The van der Waals surface area contributed by atoms with Gasteiger partial charge >= 0.3 is 5.97 Å². The van der Waals surface area contributed by atoms with Crippen molar-refractivity contribution in [3.8, 4) is 0 Å². The van der Waals surface area contributed by atoms with E-state index < -0.39 is 23.2 Å². The Morgan fingerprint density at radius 1 is 1.20 bits per heavy atom. The average Bonchev–Trinajstić information content (AvgIpc) is 2.41. The number of anilines is 1. The fourth-order valence-electron chi connectivity index (χ4n) is 1.71. The van der Waals surface area contributed by atoms with Crippen molar-refractivity contribution in [2.45, 2.75) is 13.8 Å². The zero-order valence-electron chi connectivity index (χ0n) is 11.2. The Morgan fingerprint density at radius 3 is 2.30 bits per heavy atom. The van der Waals surface area contributed by atoms with E-state index in [2.05, 4.69) is 5.32 Å². The molecule has 0 aliphatic heterocycles. The van der Waals surface area contributed by atoms with Crippen LogP contribution in [0.1, 0.15) is 24.2 Å². The van der Waals surface area contributed by atoms with Crippen molar-refractivity contribution >= 4 is 17.6 Å². The number of hydrogen-bond donors (Lipinski definition) is 2. The van der Waals surface area contributed by atoms with E-state index in [1.807, 2.05) is 13.8 Å². The third-order valence-electron chi connectivity index (χ3n) is 2.86. The first-order valence-corrected chi connectivity index (χ1v) is 6.15. The lowest BCUT2D eigenvalue weighted by Gasteiger charge is -2.19. The molecule has 0 saturated heterocycles. The summed E-state index contributed by atoms with van der Waals surface area (Å²) < 4.78 is 27.0. The number of carbonyl (C=O) groups excluding carboxylic acids is 1. The molecule has 0 aromatic heterocycles. The quantitative estimate of drug-likeness (QED) is 0.838. The van der Waals surface area contributed by atoms with E-state index in [0.29, 0.717) is 13.1 Å². The molecule has 0 bridgehead atoms. The van der Waals surface area contributed by atoms with Gasteiger partial charge in [0.1, 0.15) is 0 Å². The van der Waals surface area contributed by atoms with Crippen LogP contribution in [0.4, 0.5) is 14.5 Å². The molecule has 7 heteroatoms. The van der Waals surface area contributed by atoms with Crippen molar-refractivity contribution in [1.29, 1.82) is 0 Å². The van der Waals surface area contributed by atoms with E-state index in [-0.39, 0.29) is 18.1 Å². The average molecular weight is 286 g/mol. The molecule has 5 nitrogen and oxygen atoms in total. The van der Waals surface area contributed by atoms with Gasteiger partial charge in [0.05, 0.1) is 17.8 Å². The first-order valence-electron chi connectivity index (χ1n) is 6.15. The maximum absolute atomic E-state index is 13.6. The molecule has 110 valence electrons. The molecule has 1 amide bonds. The zero-order chi connectivity index (χ0) is 15.3. The molecule has 0 aliphatic carbocycles. The first-order chi connectivity index (χ1) is 9.42. The van der Waals surface area contributed by atoms with Crippen LogP contribution >= 0.6 is 0 Å². The molecule has 1 aromatic rings. The highest BCUT2D eigenvalue weighted by Crippen LogP contribution is 2.20. The molecule has 0 unspecified atom stereocenters. The van der Waals surface area contributed by atoms with Gasteiger partial charge in [-0.25, -0.2) is 13.6 Å². The largest absolute Gasteiger partial charge is 0.478 e. The summed E-state index contributed by atoms with van der Waals surface area (Å²) in [5.74, 6) is -4.56. The minimum Gasteiger partial charge on any atom is -0.478 e. The molecular weight excluding hydrogens is 270 g/mol. The smallest absolute Gasteiger partial charge is 0.338 e. The van der Waals surface area contributed by atoms with Gasteiger partial charge in [-0.3, -0.25) is 4.79 Å². The highest BCUT2D eigenvalue weighted by molar-refractivity contribution is 5.88. The van der Waals surface area contributed by atoms with Gasteiger partial charge in [-0.1, -0.05) is 0 Å².